The van der Waals surface area contributed by atoms with Crippen LogP contribution in [0.3, 0.4) is 0 Å². The van der Waals surface area contributed by atoms with Crippen LogP contribution >= 0.6 is 0 Å². The molecule has 0 unspecified atom stereocenters. The van der Waals surface area contributed by atoms with Crippen LogP contribution in [-0.4, -0.2) is 33.1 Å². The summed E-state index contributed by atoms with van der Waals surface area (Å²) in [6.45, 7) is 1.90. The van der Waals surface area contributed by atoms with Crippen LogP contribution in [-0.2, 0) is 4.74 Å². The van der Waals surface area contributed by atoms with Crippen LogP contribution in [0.2, 0.25) is 0 Å². The summed E-state index contributed by atoms with van der Waals surface area (Å²) >= 11 is 0. The predicted molar refractivity (Wildman–Crippen MR) is 140 cm³/mol. The van der Waals surface area contributed by atoms with Crippen LogP contribution in [0.15, 0.2) is 97.1 Å². The monoisotopic (exact) mass is 489 g/mol. The zero-order valence-electron chi connectivity index (χ0n) is 20.3. The van der Waals surface area contributed by atoms with E-state index in [1.807, 2.05) is 67.6 Å². The van der Waals surface area contributed by atoms with Crippen LogP contribution in [0, 0.1) is 6.92 Å². The molecule has 0 aliphatic heterocycles. The first-order chi connectivity index (χ1) is 18.0. The normalized spacial score (nSPS) is 10.6. The van der Waals surface area contributed by atoms with Crippen molar-refractivity contribution >= 4 is 5.97 Å². The minimum atomic E-state index is -0.425. The Hall–Kier alpha value is -5.04. The molecule has 0 bridgehead atoms. The third kappa shape index (κ3) is 5.31. The van der Waals surface area contributed by atoms with Crippen molar-refractivity contribution in [3.63, 3.8) is 0 Å². The maximum Gasteiger partial charge on any atom is 0.337 e. The van der Waals surface area contributed by atoms with Gasteiger partial charge in [-0.3, -0.25) is 0 Å². The summed E-state index contributed by atoms with van der Waals surface area (Å²) in [5.41, 5.74) is 3.27. The Kier molecular flexibility index (Phi) is 6.59. The molecular formula is C30H23N3O4. The number of aromatic nitrogens is 3. The van der Waals surface area contributed by atoms with Crippen molar-refractivity contribution in [1.29, 1.82) is 0 Å². The Morgan fingerprint density at radius 2 is 1.27 bits per heavy atom. The van der Waals surface area contributed by atoms with Gasteiger partial charge in [0.25, 0.3) is 0 Å². The molecule has 1 heterocycles. The lowest BCUT2D eigenvalue weighted by atomic mass is 10.1. The highest BCUT2D eigenvalue weighted by atomic mass is 16.5. The van der Waals surface area contributed by atoms with E-state index in [1.165, 1.54) is 7.11 Å². The van der Waals surface area contributed by atoms with Gasteiger partial charge in [-0.25, -0.2) is 19.7 Å². The fraction of sp³-hybridized carbons (Fsp3) is 0.0667. The molecule has 5 aromatic rings. The SMILES string of the molecule is COC(=O)c1ccc(-c2nc(-c3ccc(Oc4ccccc4)cc3)nc(-c3ccc(C)cc3O)n2)cc1. The van der Waals surface area contributed by atoms with E-state index < -0.39 is 5.97 Å². The highest BCUT2D eigenvalue weighted by Crippen LogP contribution is 2.31. The number of benzene rings is 4. The third-order valence-corrected chi connectivity index (χ3v) is 5.69. The van der Waals surface area contributed by atoms with Crippen molar-refractivity contribution in [3.05, 3.63) is 108 Å². The summed E-state index contributed by atoms with van der Waals surface area (Å²) in [6, 6.07) is 29.1. The van der Waals surface area contributed by atoms with Gasteiger partial charge in [-0.2, -0.15) is 0 Å². The molecule has 1 aromatic heterocycles. The number of hydrogen-bond acceptors (Lipinski definition) is 7. The number of carbonyl (C=O) groups is 1. The fourth-order valence-electron chi connectivity index (χ4n) is 3.76. The van der Waals surface area contributed by atoms with Gasteiger partial charge in [0.1, 0.15) is 17.2 Å². The zero-order valence-corrected chi connectivity index (χ0v) is 20.3. The summed E-state index contributed by atoms with van der Waals surface area (Å²) in [7, 11) is 1.34. The Morgan fingerprint density at radius 3 is 1.86 bits per heavy atom. The summed E-state index contributed by atoms with van der Waals surface area (Å²) < 4.78 is 10.7. The largest absolute Gasteiger partial charge is 0.507 e. The lowest BCUT2D eigenvalue weighted by molar-refractivity contribution is 0.0600. The van der Waals surface area contributed by atoms with E-state index in [-0.39, 0.29) is 5.75 Å². The van der Waals surface area contributed by atoms with E-state index in [0.29, 0.717) is 39.9 Å². The van der Waals surface area contributed by atoms with Gasteiger partial charge in [-0.1, -0.05) is 36.4 Å². The molecule has 0 atom stereocenters. The van der Waals surface area contributed by atoms with Crippen LogP contribution in [0.4, 0.5) is 0 Å². The Morgan fingerprint density at radius 1 is 0.703 bits per heavy atom. The second kappa shape index (κ2) is 10.3. The molecule has 0 fully saturated rings. The maximum atomic E-state index is 11.8. The van der Waals surface area contributed by atoms with Crippen molar-refractivity contribution in [2.45, 2.75) is 6.92 Å². The summed E-state index contributed by atoms with van der Waals surface area (Å²) in [5.74, 6) is 2.24. The molecule has 182 valence electrons. The molecule has 0 saturated carbocycles. The highest BCUT2D eigenvalue weighted by molar-refractivity contribution is 5.89. The van der Waals surface area contributed by atoms with Gasteiger partial charge in [-0.15, -0.1) is 0 Å². The molecule has 0 saturated heterocycles. The maximum absolute atomic E-state index is 11.8. The molecule has 5 rings (SSSR count). The predicted octanol–water partition coefficient (Wildman–Crippen LogP) is 6.47. The van der Waals surface area contributed by atoms with Gasteiger partial charge in [0.2, 0.25) is 0 Å². The van der Waals surface area contributed by atoms with Gasteiger partial charge in [0, 0.05) is 11.1 Å². The number of hydrogen-bond donors (Lipinski definition) is 1. The lowest BCUT2D eigenvalue weighted by Gasteiger charge is -2.11. The first kappa shape index (κ1) is 23.7. The van der Waals surface area contributed by atoms with Gasteiger partial charge >= 0.3 is 5.97 Å². The molecule has 0 spiro atoms. The lowest BCUT2D eigenvalue weighted by Crippen LogP contribution is -2.02. The van der Waals surface area contributed by atoms with Crippen molar-refractivity contribution in [1.82, 2.24) is 15.0 Å². The summed E-state index contributed by atoms with van der Waals surface area (Å²) in [6.07, 6.45) is 0. The minimum absolute atomic E-state index is 0.0794. The van der Waals surface area contributed by atoms with Crippen LogP contribution in [0.25, 0.3) is 34.2 Å². The number of aryl methyl sites for hydroxylation is 1. The Labute approximate surface area is 214 Å². The second-order valence-corrected chi connectivity index (χ2v) is 8.34. The zero-order chi connectivity index (χ0) is 25.8. The van der Waals surface area contributed by atoms with Crippen LogP contribution < -0.4 is 4.74 Å². The van der Waals surface area contributed by atoms with Gasteiger partial charge in [0.15, 0.2) is 17.5 Å². The van der Waals surface area contributed by atoms with Gasteiger partial charge < -0.3 is 14.6 Å². The molecule has 7 heteroatoms. The molecule has 37 heavy (non-hydrogen) atoms. The van der Waals surface area contributed by atoms with Crippen molar-refractivity contribution in [2.75, 3.05) is 7.11 Å². The van der Waals surface area contributed by atoms with E-state index in [1.54, 1.807) is 36.4 Å². The van der Waals surface area contributed by atoms with Crippen molar-refractivity contribution in [3.8, 4) is 51.4 Å². The number of aromatic hydroxyl groups is 1. The number of esters is 1. The molecule has 0 aliphatic carbocycles. The van der Waals surface area contributed by atoms with Crippen molar-refractivity contribution in [2.24, 2.45) is 0 Å². The first-order valence-corrected chi connectivity index (χ1v) is 11.6. The van der Waals surface area contributed by atoms with Gasteiger partial charge in [-0.05, 0) is 73.2 Å². The topological polar surface area (TPSA) is 94.4 Å². The number of carbonyl (C=O) groups excluding carboxylic acids is 1. The molecule has 1 N–H and O–H groups in total. The van der Waals surface area contributed by atoms with Crippen LogP contribution in [0.1, 0.15) is 15.9 Å². The quantitative estimate of drug-likeness (QED) is 0.273. The average Bonchev–Trinajstić information content (AvgIpc) is 2.93. The first-order valence-electron chi connectivity index (χ1n) is 11.6. The third-order valence-electron chi connectivity index (χ3n) is 5.69. The standard InChI is InChI=1S/C30H23N3O4/c1-19-8-17-25(26(34)18-19)29-32-27(20-9-11-22(12-10-20)30(35)36-2)31-28(33-29)21-13-15-24(16-14-21)37-23-6-4-3-5-7-23/h3-18,34H,1-2H3. The van der Waals surface area contributed by atoms with Gasteiger partial charge in [0.05, 0.1) is 18.2 Å². The summed E-state index contributed by atoms with van der Waals surface area (Å²) in [5, 5.41) is 10.6. The average molecular weight is 490 g/mol. The van der Waals surface area contributed by atoms with Crippen LogP contribution in [0.5, 0.6) is 17.2 Å². The molecule has 4 aromatic carbocycles. The number of phenolic OH excluding ortho intramolecular Hbond substituents is 1. The van der Waals surface area contributed by atoms with E-state index in [4.69, 9.17) is 14.5 Å². The van der Waals surface area contributed by atoms with E-state index in [0.717, 1.165) is 16.9 Å². The Balaban J connectivity index is 1.56. The number of nitrogens with zero attached hydrogens (tertiary/aromatic N) is 3. The smallest absolute Gasteiger partial charge is 0.337 e. The fourth-order valence-corrected chi connectivity index (χ4v) is 3.76. The highest BCUT2D eigenvalue weighted by Gasteiger charge is 2.15. The van der Waals surface area contributed by atoms with E-state index in [2.05, 4.69) is 9.97 Å². The molecule has 0 aliphatic rings. The Bertz CT molecular complexity index is 1550. The molecular weight excluding hydrogens is 466 g/mol. The van der Waals surface area contributed by atoms with E-state index in [9.17, 15) is 9.90 Å². The second-order valence-electron chi connectivity index (χ2n) is 8.34. The minimum Gasteiger partial charge on any atom is -0.507 e. The number of methoxy groups -OCH3 is 1. The summed E-state index contributed by atoms with van der Waals surface area (Å²) in [4.78, 5) is 25.8. The molecule has 7 nitrogen and oxygen atoms in total. The number of phenols is 1. The number of para-hydroxylation sites is 1. The number of rotatable bonds is 6. The molecule has 0 amide bonds. The van der Waals surface area contributed by atoms with E-state index >= 15 is 0 Å². The number of ether oxygens (including phenoxy) is 2. The molecule has 0 radical (unpaired) electrons. The van der Waals surface area contributed by atoms with Crippen molar-refractivity contribution < 1.29 is 19.4 Å².